The predicted octanol–water partition coefficient (Wildman–Crippen LogP) is 4.95. The largest absolute Gasteiger partial charge is 0.456 e. The fraction of sp³-hybridized carbons (Fsp3) is 0.529. The van der Waals surface area contributed by atoms with Crippen molar-refractivity contribution in [3.05, 3.63) is 27.2 Å². The first-order valence-electron chi connectivity index (χ1n) is 8.02. The number of amides is 1. The lowest BCUT2D eigenvalue weighted by atomic mass is 9.86. The number of esters is 1. The Morgan fingerprint density at radius 2 is 1.83 bits per heavy atom. The van der Waals surface area contributed by atoms with E-state index in [2.05, 4.69) is 5.32 Å². The minimum atomic E-state index is -0.484. The Balaban J connectivity index is 1.46. The van der Waals surface area contributed by atoms with Crippen LogP contribution in [0.2, 0.25) is 15.1 Å². The second kappa shape index (κ2) is 7.51. The van der Waals surface area contributed by atoms with Crippen molar-refractivity contribution in [2.24, 2.45) is 17.8 Å². The number of hydrogen-bond acceptors (Lipinski definition) is 3. The van der Waals surface area contributed by atoms with Crippen LogP contribution < -0.4 is 5.32 Å². The summed E-state index contributed by atoms with van der Waals surface area (Å²) in [6, 6.07) is 2.96. The number of carbonyl (C=O) groups excluding carboxylic acids is 2. The summed E-state index contributed by atoms with van der Waals surface area (Å²) in [7, 11) is 0. The van der Waals surface area contributed by atoms with Crippen LogP contribution in [0.1, 0.15) is 32.1 Å². The Labute approximate surface area is 155 Å². The Morgan fingerprint density at radius 1 is 1.12 bits per heavy atom. The molecule has 2 fully saturated rings. The fourth-order valence-electron chi connectivity index (χ4n) is 3.88. The van der Waals surface area contributed by atoms with Gasteiger partial charge in [0.25, 0.3) is 5.91 Å². The molecule has 0 radical (unpaired) electrons. The van der Waals surface area contributed by atoms with Gasteiger partial charge in [0.2, 0.25) is 0 Å². The van der Waals surface area contributed by atoms with E-state index in [1.165, 1.54) is 31.4 Å². The summed E-state index contributed by atoms with van der Waals surface area (Å²) >= 11 is 17.8. The van der Waals surface area contributed by atoms with Crippen LogP contribution in [-0.2, 0) is 14.3 Å². The van der Waals surface area contributed by atoms with Gasteiger partial charge in [-0.15, -0.1) is 0 Å². The topological polar surface area (TPSA) is 55.4 Å². The molecule has 3 atom stereocenters. The molecule has 2 bridgehead atoms. The van der Waals surface area contributed by atoms with Crippen molar-refractivity contribution in [2.75, 3.05) is 11.9 Å². The fourth-order valence-corrected chi connectivity index (χ4v) is 4.79. The number of halogens is 3. The van der Waals surface area contributed by atoms with Gasteiger partial charge >= 0.3 is 5.97 Å². The Hall–Kier alpha value is -0.970. The van der Waals surface area contributed by atoms with E-state index in [4.69, 9.17) is 39.5 Å². The molecule has 7 heteroatoms. The molecule has 0 spiro atoms. The molecule has 3 rings (SSSR count). The number of rotatable bonds is 5. The number of carbonyl (C=O) groups is 2. The third-order valence-corrected chi connectivity index (χ3v) is 5.76. The highest BCUT2D eigenvalue weighted by molar-refractivity contribution is 6.42. The van der Waals surface area contributed by atoms with E-state index in [-0.39, 0.29) is 28.3 Å². The number of anilines is 1. The summed E-state index contributed by atoms with van der Waals surface area (Å²) in [6.07, 6.45) is 5.27. The van der Waals surface area contributed by atoms with Crippen LogP contribution in [0, 0.1) is 17.8 Å². The third kappa shape index (κ3) is 4.16. The molecule has 0 heterocycles. The van der Waals surface area contributed by atoms with E-state index < -0.39 is 5.91 Å². The van der Waals surface area contributed by atoms with E-state index in [0.717, 1.165) is 12.3 Å². The first-order chi connectivity index (χ1) is 11.4. The third-order valence-electron chi connectivity index (χ3n) is 4.95. The molecule has 1 amide bonds. The van der Waals surface area contributed by atoms with Crippen molar-refractivity contribution >= 4 is 52.4 Å². The molecule has 3 unspecified atom stereocenters. The second-order valence-electron chi connectivity index (χ2n) is 6.59. The number of fused-ring (bicyclic) bond motifs is 2. The average Bonchev–Trinajstić information content (AvgIpc) is 3.11. The summed E-state index contributed by atoms with van der Waals surface area (Å²) in [5.74, 6) is 1.05. The first-order valence-corrected chi connectivity index (χ1v) is 9.15. The van der Waals surface area contributed by atoms with Crippen molar-refractivity contribution in [3.63, 3.8) is 0 Å². The zero-order valence-corrected chi connectivity index (χ0v) is 15.3. The quantitative estimate of drug-likeness (QED) is 0.723. The maximum atomic E-state index is 11.9. The highest BCUT2D eigenvalue weighted by Crippen LogP contribution is 2.49. The van der Waals surface area contributed by atoms with E-state index in [1.807, 2.05) is 0 Å². The minimum Gasteiger partial charge on any atom is -0.456 e. The lowest BCUT2D eigenvalue weighted by molar-refractivity contribution is -0.148. The molecule has 1 aromatic rings. The zero-order valence-electron chi connectivity index (χ0n) is 13.0. The normalized spacial score (nSPS) is 24.9. The molecular weight excluding hydrogens is 373 g/mol. The molecule has 1 N–H and O–H groups in total. The van der Waals surface area contributed by atoms with E-state index >= 15 is 0 Å². The van der Waals surface area contributed by atoms with Gasteiger partial charge in [-0.1, -0.05) is 41.2 Å². The van der Waals surface area contributed by atoms with Crippen LogP contribution in [-0.4, -0.2) is 18.5 Å². The van der Waals surface area contributed by atoms with Gasteiger partial charge in [0.1, 0.15) is 0 Å². The average molecular weight is 391 g/mol. The zero-order chi connectivity index (χ0) is 17.3. The lowest BCUT2D eigenvalue weighted by Gasteiger charge is -2.20. The van der Waals surface area contributed by atoms with Gasteiger partial charge in [0.05, 0.1) is 15.7 Å². The van der Waals surface area contributed by atoms with Crippen LogP contribution in [0.25, 0.3) is 0 Å². The highest BCUT2D eigenvalue weighted by atomic mass is 35.5. The molecule has 2 saturated carbocycles. The van der Waals surface area contributed by atoms with Crippen molar-refractivity contribution in [3.8, 4) is 0 Å². The summed E-state index contributed by atoms with van der Waals surface area (Å²) in [5, 5.41) is 3.38. The maximum absolute atomic E-state index is 11.9. The van der Waals surface area contributed by atoms with Gasteiger partial charge in [-0.2, -0.15) is 0 Å². The van der Waals surface area contributed by atoms with Crippen molar-refractivity contribution < 1.29 is 14.3 Å². The van der Waals surface area contributed by atoms with Gasteiger partial charge in [0, 0.05) is 11.4 Å². The molecular formula is C17H18Cl3NO3. The molecule has 2 aliphatic carbocycles. The molecule has 130 valence electrons. The molecule has 24 heavy (non-hydrogen) atoms. The van der Waals surface area contributed by atoms with Crippen molar-refractivity contribution in [1.82, 2.24) is 0 Å². The number of hydrogen-bond donors (Lipinski definition) is 1. The molecule has 2 aliphatic rings. The molecule has 1 aromatic carbocycles. The standard InChI is InChI=1S/C17H18Cl3NO3/c18-12-6-13(19)17(14(20)7-12)21-15(22)8-24-16(23)5-11-4-9-1-2-10(11)3-9/h6-7,9-11H,1-5,8H2,(H,21,22). The summed E-state index contributed by atoms with van der Waals surface area (Å²) in [4.78, 5) is 23.9. The van der Waals surface area contributed by atoms with Crippen LogP contribution in [0.4, 0.5) is 5.69 Å². The van der Waals surface area contributed by atoms with Crippen LogP contribution in [0.15, 0.2) is 12.1 Å². The molecule has 0 saturated heterocycles. The van der Waals surface area contributed by atoms with Gasteiger partial charge in [-0.3, -0.25) is 9.59 Å². The maximum Gasteiger partial charge on any atom is 0.306 e. The summed E-state index contributed by atoms with van der Waals surface area (Å²) in [6.45, 7) is -0.352. The molecule has 4 nitrogen and oxygen atoms in total. The van der Waals surface area contributed by atoms with E-state index in [1.54, 1.807) is 0 Å². The van der Waals surface area contributed by atoms with Gasteiger partial charge in [-0.05, 0) is 49.1 Å². The Kier molecular flexibility index (Phi) is 5.58. The smallest absolute Gasteiger partial charge is 0.306 e. The minimum absolute atomic E-state index is 0.231. The summed E-state index contributed by atoms with van der Waals surface area (Å²) in [5.41, 5.74) is 0.261. The highest BCUT2D eigenvalue weighted by Gasteiger charge is 2.40. The Morgan fingerprint density at radius 3 is 2.42 bits per heavy atom. The van der Waals surface area contributed by atoms with Crippen LogP contribution >= 0.6 is 34.8 Å². The van der Waals surface area contributed by atoms with Gasteiger partial charge < -0.3 is 10.1 Å². The van der Waals surface area contributed by atoms with Crippen LogP contribution in [0.3, 0.4) is 0 Å². The van der Waals surface area contributed by atoms with E-state index in [9.17, 15) is 9.59 Å². The van der Waals surface area contributed by atoms with Crippen LogP contribution in [0.5, 0.6) is 0 Å². The molecule has 0 aliphatic heterocycles. The Bertz CT molecular complexity index is 641. The van der Waals surface area contributed by atoms with Crippen molar-refractivity contribution in [2.45, 2.75) is 32.1 Å². The monoisotopic (exact) mass is 389 g/mol. The lowest BCUT2D eigenvalue weighted by Crippen LogP contribution is -2.23. The SMILES string of the molecule is O=C(COC(=O)CC1CC2CCC1C2)Nc1c(Cl)cc(Cl)cc1Cl. The van der Waals surface area contributed by atoms with Gasteiger partial charge in [0.15, 0.2) is 6.61 Å². The van der Waals surface area contributed by atoms with E-state index in [0.29, 0.717) is 23.3 Å². The predicted molar refractivity (Wildman–Crippen MR) is 94.6 cm³/mol. The first kappa shape index (κ1) is 17.8. The van der Waals surface area contributed by atoms with Gasteiger partial charge in [-0.25, -0.2) is 0 Å². The number of benzene rings is 1. The molecule has 0 aromatic heterocycles. The number of nitrogens with one attached hydrogen (secondary N) is 1. The van der Waals surface area contributed by atoms with Crippen molar-refractivity contribution in [1.29, 1.82) is 0 Å². The number of ether oxygens (including phenoxy) is 1. The second-order valence-corrected chi connectivity index (χ2v) is 7.84. The summed E-state index contributed by atoms with van der Waals surface area (Å²) < 4.78 is 5.09.